The normalized spacial score (nSPS) is 17.0. The van der Waals surface area contributed by atoms with Crippen LogP contribution in [0.2, 0.25) is 0 Å². The van der Waals surface area contributed by atoms with E-state index in [-0.39, 0.29) is 16.9 Å². The highest BCUT2D eigenvalue weighted by molar-refractivity contribution is 7.90. The van der Waals surface area contributed by atoms with Crippen molar-refractivity contribution in [2.45, 2.75) is 17.4 Å². The van der Waals surface area contributed by atoms with E-state index in [1.165, 1.54) is 12.1 Å². The zero-order chi connectivity index (χ0) is 17.2. The molecular weight excluding hydrogens is 328 g/mol. The summed E-state index contributed by atoms with van der Waals surface area (Å²) >= 11 is 0. The predicted molar refractivity (Wildman–Crippen MR) is 90.5 cm³/mol. The van der Waals surface area contributed by atoms with Crippen LogP contribution >= 0.6 is 0 Å². The molecule has 3 rings (SSSR count). The van der Waals surface area contributed by atoms with Gasteiger partial charge in [-0.25, -0.2) is 8.42 Å². The molecule has 1 amide bonds. The molecule has 0 radical (unpaired) electrons. The van der Waals surface area contributed by atoms with Gasteiger partial charge >= 0.3 is 0 Å². The average Bonchev–Trinajstić information content (AvgIpc) is 3.05. The van der Waals surface area contributed by atoms with Crippen LogP contribution in [0.5, 0.6) is 0 Å². The lowest BCUT2D eigenvalue weighted by Crippen LogP contribution is -2.21. The van der Waals surface area contributed by atoms with E-state index in [4.69, 9.17) is 4.84 Å². The number of rotatable bonds is 4. The summed E-state index contributed by atoms with van der Waals surface area (Å²) in [5, 5.41) is 6.55. The van der Waals surface area contributed by atoms with Crippen LogP contribution in [0.15, 0.2) is 64.6 Å². The third kappa shape index (κ3) is 3.62. The molecular formula is C17H16N2O4S. The number of nitrogens with one attached hydrogen (secondary N) is 1. The minimum atomic E-state index is -3.26. The van der Waals surface area contributed by atoms with E-state index in [0.717, 1.165) is 11.8 Å². The largest absolute Gasteiger partial charge is 0.387 e. The van der Waals surface area contributed by atoms with Crippen molar-refractivity contribution in [2.24, 2.45) is 5.16 Å². The standard InChI is InChI=1S/C17H16N2O4S/c1-24(21,22)14-9-7-13(8-10-14)18-17(20)15-11-16(23-19-15)12-5-3-2-4-6-12/h2-10,16H,11H2,1H3,(H,18,20). The van der Waals surface area contributed by atoms with E-state index >= 15 is 0 Å². The zero-order valence-electron chi connectivity index (χ0n) is 13.0. The summed E-state index contributed by atoms with van der Waals surface area (Å²) in [6.07, 6.45) is 1.26. The summed E-state index contributed by atoms with van der Waals surface area (Å²) in [5.41, 5.74) is 1.76. The SMILES string of the molecule is CS(=O)(=O)c1ccc(NC(=O)C2=NOC(c3ccccc3)C2)cc1. The molecule has 0 saturated carbocycles. The number of benzene rings is 2. The average molecular weight is 344 g/mol. The van der Waals surface area contributed by atoms with Crippen molar-refractivity contribution in [1.29, 1.82) is 0 Å². The third-order valence-corrected chi connectivity index (χ3v) is 4.77. The van der Waals surface area contributed by atoms with Crippen molar-refractivity contribution in [3.05, 3.63) is 60.2 Å². The first-order valence-corrected chi connectivity index (χ1v) is 9.22. The first-order valence-electron chi connectivity index (χ1n) is 7.32. The molecule has 1 aliphatic heterocycles. The second-order valence-electron chi connectivity index (χ2n) is 5.50. The summed E-state index contributed by atoms with van der Waals surface area (Å²) in [6, 6.07) is 15.5. The van der Waals surface area contributed by atoms with Crippen molar-refractivity contribution in [1.82, 2.24) is 0 Å². The van der Waals surface area contributed by atoms with Gasteiger partial charge in [-0.2, -0.15) is 0 Å². The third-order valence-electron chi connectivity index (χ3n) is 3.64. The van der Waals surface area contributed by atoms with Crippen LogP contribution in [-0.2, 0) is 19.5 Å². The van der Waals surface area contributed by atoms with E-state index in [1.807, 2.05) is 30.3 Å². The Morgan fingerprint density at radius 3 is 2.42 bits per heavy atom. The number of oxime groups is 1. The van der Waals surface area contributed by atoms with Gasteiger partial charge in [-0.1, -0.05) is 35.5 Å². The van der Waals surface area contributed by atoms with Crippen molar-refractivity contribution in [3.8, 4) is 0 Å². The van der Waals surface area contributed by atoms with Gasteiger partial charge in [-0.3, -0.25) is 4.79 Å². The van der Waals surface area contributed by atoms with Gasteiger partial charge in [0.2, 0.25) is 0 Å². The van der Waals surface area contributed by atoms with Crippen LogP contribution in [0.3, 0.4) is 0 Å². The number of hydrogen-bond donors (Lipinski definition) is 1. The van der Waals surface area contributed by atoms with Crippen LogP contribution in [0, 0.1) is 0 Å². The fraction of sp³-hybridized carbons (Fsp3) is 0.176. The highest BCUT2D eigenvalue weighted by atomic mass is 32.2. The molecule has 2 aromatic rings. The minimum absolute atomic E-state index is 0.200. The Balaban J connectivity index is 1.64. The van der Waals surface area contributed by atoms with Crippen LogP contribution in [0.25, 0.3) is 0 Å². The van der Waals surface area contributed by atoms with Crippen molar-refractivity contribution in [2.75, 3.05) is 11.6 Å². The van der Waals surface area contributed by atoms with Gasteiger partial charge < -0.3 is 10.2 Å². The molecule has 1 unspecified atom stereocenters. The molecule has 0 fully saturated rings. The Kier molecular flexibility index (Phi) is 4.35. The van der Waals surface area contributed by atoms with Crippen molar-refractivity contribution in [3.63, 3.8) is 0 Å². The number of amides is 1. The van der Waals surface area contributed by atoms with Crippen LogP contribution in [0.1, 0.15) is 18.1 Å². The van der Waals surface area contributed by atoms with Gasteiger partial charge in [0, 0.05) is 18.4 Å². The molecule has 0 saturated heterocycles. The first kappa shape index (κ1) is 16.2. The molecule has 1 N–H and O–H groups in total. The predicted octanol–water partition coefficient (Wildman–Crippen LogP) is 2.55. The van der Waals surface area contributed by atoms with Crippen molar-refractivity contribution >= 4 is 27.1 Å². The number of sulfone groups is 1. The molecule has 1 aliphatic rings. The minimum Gasteiger partial charge on any atom is -0.387 e. The van der Waals surface area contributed by atoms with Crippen LogP contribution in [0.4, 0.5) is 5.69 Å². The van der Waals surface area contributed by atoms with E-state index in [1.54, 1.807) is 12.1 Å². The number of nitrogens with zero attached hydrogens (tertiary/aromatic N) is 1. The second kappa shape index (κ2) is 6.45. The van der Waals surface area contributed by atoms with Gasteiger partial charge in [-0.05, 0) is 29.8 Å². The van der Waals surface area contributed by atoms with E-state index in [9.17, 15) is 13.2 Å². The Hall–Kier alpha value is -2.67. The molecule has 24 heavy (non-hydrogen) atoms. The molecule has 7 heteroatoms. The fourth-order valence-electron chi connectivity index (χ4n) is 2.35. The van der Waals surface area contributed by atoms with Gasteiger partial charge in [0.25, 0.3) is 5.91 Å². The first-order chi connectivity index (χ1) is 11.4. The lowest BCUT2D eigenvalue weighted by atomic mass is 10.0. The maximum atomic E-state index is 12.2. The Labute approximate surface area is 140 Å². The molecule has 2 aromatic carbocycles. The highest BCUT2D eigenvalue weighted by Gasteiger charge is 2.27. The monoisotopic (exact) mass is 344 g/mol. The van der Waals surface area contributed by atoms with Crippen LogP contribution in [-0.4, -0.2) is 26.3 Å². The summed E-state index contributed by atoms with van der Waals surface area (Å²) in [5.74, 6) is -0.361. The smallest absolute Gasteiger partial charge is 0.273 e. The number of hydrogen-bond acceptors (Lipinski definition) is 5. The van der Waals surface area contributed by atoms with Crippen LogP contribution < -0.4 is 5.32 Å². The van der Waals surface area contributed by atoms with Gasteiger partial charge in [0.15, 0.2) is 15.9 Å². The summed E-state index contributed by atoms with van der Waals surface area (Å²) in [6.45, 7) is 0. The summed E-state index contributed by atoms with van der Waals surface area (Å²) < 4.78 is 22.8. The summed E-state index contributed by atoms with van der Waals surface area (Å²) in [4.78, 5) is 17.8. The van der Waals surface area contributed by atoms with E-state index in [0.29, 0.717) is 17.8 Å². The molecule has 0 spiro atoms. The number of anilines is 1. The molecule has 124 valence electrons. The fourth-order valence-corrected chi connectivity index (χ4v) is 2.98. The molecule has 0 aliphatic carbocycles. The van der Waals surface area contributed by atoms with Gasteiger partial charge in [-0.15, -0.1) is 0 Å². The zero-order valence-corrected chi connectivity index (χ0v) is 13.8. The Bertz CT molecular complexity index is 875. The van der Waals surface area contributed by atoms with E-state index in [2.05, 4.69) is 10.5 Å². The maximum Gasteiger partial charge on any atom is 0.273 e. The van der Waals surface area contributed by atoms with E-state index < -0.39 is 9.84 Å². The molecule has 6 nitrogen and oxygen atoms in total. The molecule has 0 aromatic heterocycles. The summed E-state index contributed by atoms with van der Waals surface area (Å²) in [7, 11) is -3.26. The highest BCUT2D eigenvalue weighted by Crippen LogP contribution is 2.27. The Morgan fingerprint density at radius 1 is 1.12 bits per heavy atom. The molecule has 0 bridgehead atoms. The topological polar surface area (TPSA) is 84.8 Å². The van der Waals surface area contributed by atoms with Crippen molar-refractivity contribution < 1.29 is 18.0 Å². The number of carbonyl (C=O) groups is 1. The Morgan fingerprint density at radius 2 is 1.79 bits per heavy atom. The van der Waals surface area contributed by atoms with Gasteiger partial charge in [0.05, 0.1) is 4.90 Å². The maximum absolute atomic E-state index is 12.2. The second-order valence-corrected chi connectivity index (χ2v) is 7.51. The lowest BCUT2D eigenvalue weighted by molar-refractivity contribution is -0.110. The quantitative estimate of drug-likeness (QED) is 0.924. The lowest BCUT2D eigenvalue weighted by Gasteiger charge is -2.07. The number of carbonyl (C=O) groups excluding carboxylic acids is 1. The molecule has 1 heterocycles. The van der Waals surface area contributed by atoms with Gasteiger partial charge in [0.1, 0.15) is 5.71 Å². The molecule has 1 atom stereocenters.